The molecule has 2 rings (SSSR count). The first-order chi connectivity index (χ1) is 7.61. The molecule has 1 nitrogen and oxygen atoms in total. The molecule has 0 aliphatic carbocycles. The van der Waals surface area contributed by atoms with E-state index in [1.807, 2.05) is 50.2 Å². The molecule has 0 saturated carbocycles. The van der Waals surface area contributed by atoms with Crippen molar-refractivity contribution in [2.45, 2.75) is 20.8 Å². The van der Waals surface area contributed by atoms with Gasteiger partial charge in [0.05, 0.1) is 0 Å². The molecule has 16 heavy (non-hydrogen) atoms. The predicted molar refractivity (Wildman–Crippen MR) is 68.8 cm³/mol. The van der Waals surface area contributed by atoms with E-state index < -0.39 is 0 Å². The quantitative estimate of drug-likeness (QED) is 0.702. The van der Waals surface area contributed by atoms with Gasteiger partial charge < -0.3 is 5.11 Å². The van der Waals surface area contributed by atoms with Gasteiger partial charge in [0.1, 0.15) is 5.75 Å². The van der Waals surface area contributed by atoms with Crippen LogP contribution in [0.2, 0.25) is 0 Å². The molecule has 0 saturated heterocycles. The van der Waals surface area contributed by atoms with E-state index in [-0.39, 0.29) is 0 Å². The first-order valence-corrected chi connectivity index (χ1v) is 5.38. The molecule has 1 heteroatoms. The minimum Gasteiger partial charge on any atom is -0.507 e. The predicted octanol–water partition coefficient (Wildman–Crippen LogP) is 4.00. The summed E-state index contributed by atoms with van der Waals surface area (Å²) in [6.07, 6.45) is 0. The molecule has 1 N–H and O–H groups in total. The number of aromatic hydroxyl groups is 1. The molecule has 0 spiro atoms. The summed E-state index contributed by atoms with van der Waals surface area (Å²) in [5.41, 5.74) is 3.20. The molecule has 0 amide bonds. The smallest absolute Gasteiger partial charge is 0.121 e. The van der Waals surface area contributed by atoms with Crippen LogP contribution >= 0.6 is 0 Å². The largest absolute Gasteiger partial charge is 0.507 e. The Bertz CT molecular complexity index is 412. The Morgan fingerprint density at radius 3 is 1.50 bits per heavy atom. The van der Waals surface area contributed by atoms with Crippen molar-refractivity contribution in [2.24, 2.45) is 0 Å². The van der Waals surface area contributed by atoms with Crippen molar-refractivity contribution in [1.82, 2.24) is 0 Å². The van der Waals surface area contributed by atoms with Crippen molar-refractivity contribution < 1.29 is 5.11 Å². The molecule has 0 aromatic heterocycles. The monoisotopic (exact) mass is 214 g/mol. The summed E-state index contributed by atoms with van der Waals surface area (Å²) in [7, 11) is 0. The third kappa shape index (κ3) is 3.77. The second-order valence-corrected chi connectivity index (χ2v) is 3.90. The summed E-state index contributed by atoms with van der Waals surface area (Å²) in [5, 5.41) is 9.21. The summed E-state index contributed by atoms with van der Waals surface area (Å²) in [5.74, 6) is 0.414. The molecule has 0 heterocycles. The van der Waals surface area contributed by atoms with Crippen molar-refractivity contribution in [3.63, 3.8) is 0 Å². The summed E-state index contributed by atoms with van der Waals surface area (Å²) in [4.78, 5) is 0. The lowest BCUT2D eigenvalue weighted by Gasteiger charge is -1.99. The van der Waals surface area contributed by atoms with Crippen LogP contribution in [0, 0.1) is 20.8 Å². The van der Waals surface area contributed by atoms with Gasteiger partial charge in [-0.2, -0.15) is 0 Å². The van der Waals surface area contributed by atoms with Crippen LogP contribution in [-0.2, 0) is 0 Å². The molecule has 2 aromatic rings. The molecule has 2 aromatic carbocycles. The fourth-order valence-corrected chi connectivity index (χ4v) is 1.34. The molecule has 0 atom stereocenters. The zero-order valence-electron chi connectivity index (χ0n) is 10.1. The Morgan fingerprint density at radius 1 is 0.688 bits per heavy atom. The third-order valence-electron chi connectivity index (χ3n) is 2.38. The van der Waals surface area contributed by atoms with E-state index in [0.29, 0.717) is 5.75 Å². The van der Waals surface area contributed by atoms with E-state index in [2.05, 4.69) is 19.1 Å². The zero-order chi connectivity index (χ0) is 12.0. The van der Waals surface area contributed by atoms with Crippen LogP contribution in [0.15, 0.2) is 48.5 Å². The highest BCUT2D eigenvalue weighted by molar-refractivity contribution is 5.37. The first kappa shape index (κ1) is 12.3. The number of aryl methyl sites for hydroxylation is 3. The lowest BCUT2D eigenvalue weighted by Crippen LogP contribution is -1.76. The third-order valence-corrected chi connectivity index (χ3v) is 2.38. The van der Waals surface area contributed by atoms with Gasteiger partial charge in [-0.3, -0.25) is 0 Å². The summed E-state index contributed by atoms with van der Waals surface area (Å²) in [6, 6.07) is 16.0. The van der Waals surface area contributed by atoms with Crippen LogP contribution in [0.1, 0.15) is 16.7 Å². The van der Waals surface area contributed by atoms with Crippen LogP contribution in [0.4, 0.5) is 0 Å². The molecule has 84 valence electrons. The maximum absolute atomic E-state index is 9.21. The van der Waals surface area contributed by atoms with Crippen molar-refractivity contribution in [2.75, 3.05) is 0 Å². The van der Waals surface area contributed by atoms with E-state index in [4.69, 9.17) is 0 Å². The van der Waals surface area contributed by atoms with Gasteiger partial charge in [-0.25, -0.2) is 0 Å². The Balaban J connectivity index is 0.000000165. The number of rotatable bonds is 0. The average Bonchev–Trinajstić information content (AvgIpc) is 2.28. The molecular formula is C15H18O. The Morgan fingerprint density at radius 2 is 1.19 bits per heavy atom. The van der Waals surface area contributed by atoms with Gasteiger partial charge in [0.2, 0.25) is 0 Å². The fourth-order valence-electron chi connectivity index (χ4n) is 1.34. The van der Waals surface area contributed by atoms with Gasteiger partial charge in [-0.05, 0) is 31.9 Å². The number of para-hydroxylation sites is 1. The topological polar surface area (TPSA) is 20.2 Å². The Kier molecular flexibility index (Phi) is 4.59. The number of hydrogen-bond donors (Lipinski definition) is 1. The van der Waals surface area contributed by atoms with E-state index in [1.165, 1.54) is 5.56 Å². The minimum absolute atomic E-state index is 0.414. The van der Waals surface area contributed by atoms with Crippen LogP contribution in [0.25, 0.3) is 0 Å². The average molecular weight is 214 g/mol. The molecule has 0 unspecified atom stereocenters. The molecule has 0 fully saturated rings. The normalized spacial score (nSPS) is 9.19. The number of benzene rings is 2. The van der Waals surface area contributed by atoms with Crippen molar-refractivity contribution in [3.8, 4) is 5.75 Å². The van der Waals surface area contributed by atoms with Gasteiger partial charge in [-0.1, -0.05) is 54.1 Å². The Hall–Kier alpha value is -1.76. The zero-order valence-corrected chi connectivity index (χ0v) is 10.1. The van der Waals surface area contributed by atoms with E-state index in [1.54, 1.807) is 0 Å². The van der Waals surface area contributed by atoms with E-state index in [9.17, 15) is 5.11 Å². The lowest BCUT2D eigenvalue weighted by molar-refractivity contribution is 0.467. The highest BCUT2D eigenvalue weighted by atomic mass is 16.3. The van der Waals surface area contributed by atoms with Crippen LogP contribution in [0.5, 0.6) is 5.75 Å². The highest BCUT2D eigenvalue weighted by Gasteiger charge is 1.95. The van der Waals surface area contributed by atoms with Crippen LogP contribution < -0.4 is 0 Å². The molecular weight excluding hydrogens is 196 g/mol. The highest BCUT2D eigenvalue weighted by Crippen LogP contribution is 2.19. The van der Waals surface area contributed by atoms with Gasteiger partial charge in [0.15, 0.2) is 0 Å². The first-order valence-electron chi connectivity index (χ1n) is 5.38. The Labute approximate surface area is 97.4 Å². The lowest BCUT2D eigenvalue weighted by atomic mass is 10.1. The van der Waals surface area contributed by atoms with Gasteiger partial charge in [0.25, 0.3) is 0 Å². The van der Waals surface area contributed by atoms with E-state index >= 15 is 0 Å². The van der Waals surface area contributed by atoms with Crippen LogP contribution in [-0.4, -0.2) is 5.11 Å². The van der Waals surface area contributed by atoms with Crippen molar-refractivity contribution >= 4 is 0 Å². The standard InChI is InChI=1S/C8H10O.C7H8/c1-6-4-3-5-7(2)8(6)9;1-7-5-3-2-4-6-7/h3-5,9H,1-2H3;2-6H,1H3. The maximum atomic E-state index is 9.21. The van der Waals surface area contributed by atoms with Gasteiger partial charge in [0, 0.05) is 0 Å². The summed E-state index contributed by atoms with van der Waals surface area (Å²) < 4.78 is 0. The second-order valence-electron chi connectivity index (χ2n) is 3.90. The summed E-state index contributed by atoms with van der Waals surface area (Å²) in [6.45, 7) is 5.87. The van der Waals surface area contributed by atoms with Gasteiger partial charge >= 0.3 is 0 Å². The van der Waals surface area contributed by atoms with Crippen molar-refractivity contribution in [1.29, 1.82) is 0 Å². The molecule has 0 radical (unpaired) electrons. The van der Waals surface area contributed by atoms with Crippen molar-refractivity contribution in [3.05, 3.63) is 65.2 Å². The number of hydrogen-bond acceptors (Lipinski definition) is 1. The van der Waals surface area contributed by atoms with Gasteiger partial charge in [-0.15, -0.1) is 0 Å². The molecule has 0 aliphatic rings. The number of phenolic OH excluding ortho intramolecular Hbond substituents is 1. The second kappa shape index (κ2) is 5.96. The number of phenols is 1. The van der Waals surface area contributed by atoms with Crippen LogP contribution in [0.3, 0.4) is 0 Å². The SMILES string of the molecule is Cc1cccc(C)c1O.Cc1ccccc1. The summed E-state index contributed by atoms with van der Waals surface area (Å²) >= 11 is 0. The van der Waals surface area contributed by atoms with E-state index in [0.717, 1.165) is 11.1 Å². The maximum Gasteiger partial charge on any atom is 0.121 e. The fraction of sp³-hybridized carbons (Fsp3) is 0.200. The minimum atomic E-state index is 0.414. The molecule has 0 aliphatic heterocycles. The molecule has 0 bridgehead atoms.